The zero-order valence-electron chi connectivity index (χ0n) is 20.6. The van der Waals surface area contributed by atoms with Crippen LogP contribution in [0.4, 0.5) is 27.6 Å². The number of rotatable bonds is 8. The largest absolute Gasteiger partial charge is 0.490 e. The van der Waals surface area contributed by atoms with Gasteiger partial charge in [-0.25, -0.2) is 14.2 Å². The Balaban J connectivity index is 2.06. The molecule has 12 heteroatoms. The molecule has 1 saturated heterocycles. The van der Waals surface area contributed by atoms with Crippen LogP contribution in [0.15, 0.2) is 30.5 Å². The molecular weight excluding hydrogens is 503 g/mol. The van der Waals surface area contributed by atoms with Crippen molar-refractivity contribution in [1.29, 1.82) is 0 Å². The van der Waals surface area contributed by atoms with Crippen LogP contribution in [0.5, 0.6) is 5.75 Å². The SMILES string of the molecule is CCCCOc1c([C@H]2[C@H](C(=O)Nc3ccnc(C(=O)OC)c3)O[C@@](C)(C(F)(F)F)[C@H]2C)ccc(F)c1F. The van der Waals surface area contributed by atoms with Gasteiger partial charge < -0.3 is 19.5 Å². The quantitative estimate of drug-likeness (QED) is 0.279. The van der Waals surface area contributed by atoms with E-state index < -0.39 is 59.0 Å². The van der Waals surface area contributed by atoms with Crippen molar-refractivity contribution < 1.29 is 45.8 Å². The summed E-state index contributed by atoms with van der Waals surface area (Å²) in [5.74, 6) is -7.71. The Hall–Kier alpha value is -3.28. The number of carbonyl (C=O) groups is 2. The molecule has 202 valence electrons. The molecule has 0 saturated carbocycles. The lowest BCUT2D eigenvalue weighted by atomic mass is 9.77. The van der Waals surface area contributed by atoms with E-state index in [1.165, 1.54) is 25.3 Å². The van der Waals surface area contributed by atoms with Crippen LogP contribution in [0.3, 0.4) is 0 Å². The number of carbonyl (C=O) groups excluding carboxylic acids is 2. The van der Waals surface area contributed by atoms with Crippen LogP contribution in [0.1, 0.15) is 55.6 Å². The number of aromatic nitrogens is 1. The molecule has 2 aromatic rings. The summed E-state index contributed by atoms with van der Waals surface area (Å²) in [6, 6.07) is 4.37. The van der Waals surface area contributed by atoms with E-state index in [-0.39, 0.29) is 23.6 Å². The highest BCUT2D eigenvalue weighted by atomic mass is 19.4. The van der Waals surface area contributed by atoms with Crippen molar-refractivity contribution in [2.45, 2.75) is 57.4 Å². The number of ether oxygens (including phenoxy) is 3. The van der Waals surface area contributed by atoms with Crippen molar-refractivity contribution in [3.63, 3.8) is 0 Å². The van der Waals surface area contributed by atoms with Crippen molar-refractivity contribution in [2.24, 2.45) is 5.92 Å². The average molecular weight is 530 g/mol. The van der Waals surface area contributed by atoms with Gasteiger partial charge in [-0.3, -0.25) is 4.79 Å². The smallest absolute Gasteiger partial charge is 0.417 e. The van der Waals surface area contributed by atoms with E-state index in [0.717, 1.165) is 26.2 Å². The fourth-order valence-corrected chi connectivity index (χ4v) is 4.24. The van der Waals surface area contributed by atoms with Gasteiger partial charge in [0.1, 0.15) is 11.8 Å². The molecule has 0 spiro atoms. The topological polar surface area (TPSA) is 86.8 Å². The number of esters is 1. The summed E-state index contributed by atoms with van der Waals surface area (Å²) in [6.45, 7) is 3.87. The summed E-state index contributed by atoms with van der Waals surface area (Å²) in [5.41, 5.74) is -3.02. The van der Waals surface area contributed by atoms with Gasteiger partial charge in [0.05, 0.1) is 13.7 Å². The number of hydrogen-bond acceptors (Lipinski definition) is 6. The maximum Gasteiger partial charge on any atom is 0.417 e. The number of unbranched alkanes of at least 4 members (excludes halogenated alkanes) is 1. The third-order valence-corrected chi connectivity index (χ3v) is 6.53. The van der Waals surface area contributed by atoms with Crippen LogP contribution in [0.2, 0.25) is 0 Å². The lowest BCUT2D eigenvalue weighted by molar-refractivity contribution is -0.272. The summed E-state index contributed by atoms with van der Waals surface area (Å²) in [6.07, 6.45) is -4.30. The zero-order valence-corrected chi connectivity index (χ0v) is 20.6. The first-order chi connectivity index (χ1) is 17.4. The van der Waals surface area contributed by atoms with Gasteiger partial charge in [0, 0.05) is 29.3 Å². The lowest BCUT2D eigenvalue weighted by Crippen LogP contribution is -2.47. The highest BCUT2D eigenvalue weighted by Gasteiger charge is 2.66. The second-order valence-corrected chi connectivity index (χ2v) is 8.85. The summed E-state index contributed by atoms with van der Waals surface area (Å²) in [7, 11) is 1.13. The molecule has 3 rings (SSSR count). The van der Waals surface area contributed by atoms with Crippen LogP contribution >= 0.6 is 0 Å². The number of anilines is 1. The Labute approximate surface area is 210 Å². The van der Waals surface area contributed by atoms with Gasteiger partial charge in [-0.15, -0.1) is 0 Å². The molecular formula is C25H27F5N2O5. The molecule has 37 heavy (non-hydrogen) atoms. The van der Waals surface area contributed by atoms with E-state index in [1.807, 2.05) is 6.92 Å². The Bertz CT molecular complexity index is 1160. The highest BCUT2D eigenvalue weighted by Crippen LogP contribution is 2.55. The van der Waals surface area contributed by atoms with Gasteiger partial charge in [-0.1, -0.05) is 26.3 Å². The van der Waals surface area contributed by atoms with E-state index in [9.17, 15) is 31.5 Å². The third-order valence-electron chi connectivity index (χ3n) is 6.53. The number of nitrogens with one attached hydrogen (secondary N) is 1. The minimum atomic E-state index is -4.89. The highest BCUT2D eigenvalue weighted by molar-refractivity contribution is 5.96. The summed E-state index contributed by atoms with van der Waals surface area (Å²) < 4.78 is 86.7. The standard InChI is InChI=1S/C25H27F5N2O5/c1-5-6-11-36-20-15(7-8-16(26)19(20)27)18-13(2)24(3,25(28,29)30)37-21(18)22(33)32-14-9-10-31-17(12-14)23(34)35-4/h7-10,12-13,18,21H,5-6,11H2,1-4H3,(H,31,32,33)/t13-,18-,21+,24+/m0/s1. The number of benzene rings is 1. The van der Waals surface area contributed by atoms with Crippen molar-refractivity contribution in [3.05, 3.63) is 53.4 Å². The lowest BCUT2D eigenvalue weighted by Gasteiger charge is -2.32. The molecule has 1 aliphatic heterocycles. The van der Waals surface area contributed by atoms with Gasteiger partial charge in [0.15, 0.2) is 17.2 Å². The average Bonchev–Trinajstić information content (AvgIpc) is 3.13. The molecule has 2 heterocycles. The van der Waals surface area contributed by atoms with Gasteiger partial charge in [0.2, 0.25) is 5.82 Å². The summed E-state index contributed by atoms with van der Waals surface area (Å²) >= 11 is 0. The molecule has 0 unspecified atom stereocenters. The van der Waals surface area contributed by atoms with Crippen LogP contribution in [0.25, 0.3) is 0 Å². The van der Waals surface area contributed by atoms with Crippen LogP contribution < -0.4 is 10.1 Å². The van der Waals surface area contributed by atoms with E-state index in [0.29, 0.717) is 12.8 Å². The first kappa shape index (κ1) is 28.3. The van der Waals surface area contributed by atoms with E-state index in [1.54, 1.807) is 0 Å². The number of hydrogen-bond donors (Lipinski definition) is 1. The summed E-state index contributed by atoms with van der Waals surface area (Å²) in [4.78, 5) is 28.9. The Kier molecular flexibility index (Phi) is 8.41. The van der Waals surface area contributed by atoms with Crippen LogP contribution in [-0.2, 0) is 14.3 Å². The molecule has 7 nitrogen and oxygen atoms in total. The predicted octanol–water partition coefficient (Wildman–Crippen LogP) is 5.40. The van der Waals surface area contributed by atoms with Crippen molar-refractivity contribution >= 4 is 17.6 Å². The normalized spacial score (nSPS) is 23.5. The second-order valence-electron chi connectivity index (χ2n) is 8.85. The summed E-state index contributed by atoms with van der Waals surface area (Å²) in [5, 5.41) is 2.42. The number of nitrogens with zero attached hydrogens (tertiary/aromatic N) is 1. The van der Waals surface area contributed by atoms with Gasteiger partial charge >= 0.3 is 12.1 Å². The third kappa shape index (κ3) is 5.53. The monoisotopic (exact) mass is 530 g/mol. The van der Waals surface area contributed by atoms with Crippen molar-refractivity contribution in [1.82, 2.24) is 4.98 Å². The fraction of sp³-hybridized carbons (Fsp3) is 0.480. The number of alkyl halides is 3. The molecule has 1 aliphatic rings. The van der Waals surface area contributed by atoms with Crippen molar-refractivity contribution in [3.8, 4) is 5.75 Å². The number of amides is 1. The molecule has 0 bridgehead atoms. The van der Waals surface area contributed by atoms with Crippen LogP contribution in [0, 0.1) is 17.6 Å². The number of pyridine rings is 1. The minimum absolute atomic E-state index is 0.00739. The van der Waals surface area contributed by atoms with E-state index in [2.05, 4.69) is 15.0 Å². The van der Waals surface area contributed by atoms with E-state index >= 15 is 0 Å². The van der Waals surface area contributed by atoms with Gasteiger partial charge in [-0.2, -0.15) is 17.6 Å². The molecule has 4 atom stereocenters. The molecule has 1 aromatic carbocycles. The molecule has 1 fully saturated rings. The first-order valence-corrected chi connectivity index (χ1v) is 11.6. The van der Waals surface area contributed by atoms with E-state index in [4.69, 9.17) is 9.47 Å². The Morgan fingerprint density at radius 1 is 1.22 bits per heavy atom. The Morgan fingerprint density at radius 3 is 2.54 bits per heavy atom. The maximum atomic E-state index is 14.8. The molecule has 1 aromatic heterocycles. The molecule has 1 amide bonds. The van der Waals surface area contributed by atoms with Gasteiger partial charge in [0.25, 0.3) is 5.91 Å². The fourth-order valence-electron chi connectivity index (χ4n) is 4.24. The van der Waals surface area contributed by atoms with Gasteiger partial charge in [-0.05, 0) is 31.5 Å². The molecule has 0 aliphatic carbocycles. The number of halogens is 5. The second kappa shape index (κ2) is 11.0. The molecule has 1 N–H and O–H groups in total. The number of methoxy groups -OCH3 is 1. The van der Waals surface area contributed by atoms with Crippen LogP contribution in [-0.4, -0.2) is 48.5 Å². The van der Waals surface area contributed by atoms with Crippen molar-refractivity contribution in [2.75, 3.05) is 19.0 Å². The maximum absolute atomic E-state index is 14.8. The Morgan fingerprint density at radius 2 is 1.92 bits per heavy atom. The molecule has 0 radical (unpaired) electrons. The predicted molar refractivity (Wildman–Crippen MR) is 122 cm³/mol. The first-order valence-electron chi connectivity index (χ1n) is 11.6. The minimum Gasteiger partial charge on any atom is -0.490 e. The zero-order chi connectivity index (χ0) is 27.5.